The summed E-state index contributed by atoms with van der Waals surface area (Å²) in [6, 6.07) is 13.1. The highest BCUT2D eigenvalue weighted by molar-refractivity contribution is 5.95. The molecule has 1 amide bonds. The monoisotopic (exact) mass is 325 g/mol. The molecule has 2 N–H and O–H groups in total. The Kier molecular flexibility index (Phi) is 4.77. The van der Waals surface area contributed by atoms with E-state index in [0.29, 0.717) is 23.6 Å². The summed E-state index contributed by atoms with van der Waals surface area (Å²) in [5.74, 6) is 0.250. The number of hydrogen-bond acceptors (Lipinski definition) is 4. The number of hydrogen-bond donors (Lipinski definition) is 2. The van der Waals surface area contributed by atoms with E-state index in [1.807, 2.05) is 30.3 Å². The largest absolute Gasteiger partial charge is 0.467 e. The summed E-state index contributed by atoms with van der Waals surface area (Å²) in [6.45, 7) is 2.32. The number of rotatable bonds is 6. The average molecular weight is 325 g/mol. The summed E-state index contributed by atoms with van der Waals surface area (Å²) in [5, 5.41) is 17.0. The summed E-state index contributed by atoms with van der Waals surface area (Å²) in [6.07, 6.45) is 2.12. The Balaban J connectivity index is 1.83. The number of amides is 1. The lowest BCUT2D eigenvalue weighted by molar-refractivity contribution is 0.0562. The lowest BCUT2D eigenvalue weighted by atomic mass is 10.1. The number of benzene rings is 1. The van der Waals surface area contributed by atoms with Crippen LogP contribution in [0.2, 0.25) is 0 Å². The second-order valence-electron chi connectivity index (χ2n) is 5.61. The topological polar surface area (TPSA) is 82.4 Å². The molecule has 3 aromatic rings. The van der Waals surface area contributed by atoms with Crippen LogP contribution in [-0.2, 0) is 6.54 Å². The van der Waals surface area contributed by atoms with Crippen LogP contribution in [0, 0.1) is 6.92 Å². The molecule has 0 aliphatic carbocycles. The van der Waals surface area contributed by atoms with Crippen LogP contribution >= 0.6 is 0 Å². The summed E-state index contributed by atoms with van der Waals surface area (Å²) >= 11 is 0. The Morgan fingerprint density at radius 2 is 2.08 bits per heavy atom. The molecule has 6 heteroatoms. The fraction of sp³-hybridized carbons (Fsp3) is 0.222. The highest BCUT2D eigenvalue weighted by atomic mass is 16.4. The van der Waals surface area contributed by atoms with E-state index in [1.54, 1.807) is 24.0 Å². The molecule has 0 aliphatic rings. The number of nitrogens with one attached hydrogen (secondary N) is 1. The quantitative estimate of drug-likeness (QED) is 0.730. The van der Waals surface area contributed by atoms with Gasteiger partial charge >= 0.3 is 0 Å². The van der Waals surface area contributed by atoms with Crippen molar-refractivity contribution >= 4 is 5.91 Å². The maximum atomic E-state index is 12.9. The number of aliphatic hydroxyl groups is 1. The zero-order valence-electron chi connectivity index (χ0n) is 13.3. The maximum absolute atomic E-state index is 12.9. The normalized spacial score (nSPS) is 12.1. The molecule has 124 valence electrons. The van der Waals surface area contributed by atoms with Gasteiger partial charge in [-0.05, 0) is 24.6 Å². The minimum Gasteiger partial charge on any atom is -0.467 e. The highest BCUT2D eigenvalue weighted by Crippen LogP contribution is 2.19. The van der Waals surface area contributed by atoms with E-state index in [2.05, 4.69) is 10.2 Å². The van der Waals surface area contributed by atoms with Crippen LogP contribution in [-0.4, -0.2) is 32.7 Å². The maximum Gasteiger partial charge on any atom is 0.257 e. The van der Waals surface area contributed by atoms with Gasteiger partial charge in [0.1, 0.15) is 11.9 Å². The molecule has 1 unspecified atom stereocenters. The third kappa shape index (κ3) is 3.55. The number of aliphatic hydroxyl groups excluding tert-OH is 1. The van der Waals surface area contributed by atoms with Crippen molar-refractivity contribution in [2.75, 3.05) is 6.54 Å². The molecule has 1 aromatic carbocycles. The van der Waals surface area contributed by atoms with Crippen LogP contribution in [0.5, 0.6) is 0 Å². The Bertz CT molecular complexity index is 781. The number of aryl methyl sites for hydroxylation is 1. The minimum absolute atomic E-state index is 0.131. The van der Waals surface area contributed by atoms with Crippen LogP contribution in [0.1, 0.15) is 33.5 Å². The van der Waals surface area contributed by atoms with Crippen LogP contribution < -0.4 is 0 Å². The summed E-state index contributed by atoms with van der Waals surface area (Å²) in [4.78, 5) is 14.5. The fourth-order valence-electron chi connectivity index (χ4n) is 2.54. The Morgan fingerprint density at radius 1 is 1.29 bits per heavy atom. The second kappa shape index (κ2) is 7.14. The first-order valence-electron chi connectivity index (χ1n) is 7.70. The number of carbonyl (C=O) groups is 1. The molecule has 1 atom stereocenters. The summed E-state index contributed by atoms with van der Waals surface area (Å²) < 4.78 is 5.23. The van der Waals surface area contributed by atoms with Crippen LogP contribution in [0.3, 0.4) is 0 Å². The first kappa shape index (κ1) is 16.0. The van der Waals surface area contributed by atoms with Crippen LogP contribution in [0.15, 0.2) is 59.3 Å². The van der Waals surface area contributed by atoms with Gasteiger partial charge in [0.05, 0.1) is 24.6 Å². The van der Waals surface area contributed by atoms with Gasteiger partial charge in [0.25, 0.3) is 5.91 Å². The zero-order valence-corrected chi connectivity index (χ0v) is 13.3. The van der Waals surface area contributed by atoms with E-state index in [4.69, 9.17) is 4.42 Å². The summed E-state index contributed by atoms with van der Waals surface area (Å²) in [7, 11) is 0. The van der Waals surface area contributed by atoms with Crippen molar-refractivity contribution in [3.8, 4) is 0 Å². The molecule has 0 radical (unpaired) electrons. The Labute approximate surface area is 139 Å². The van der Waals surface area contributed by atoms with Gasteiger partial charge in [0, 0.05) is 12.2 Å². The van der Waals surface area contributed by atoms with Crippen molar-refractivity contribution in [1.82, 2.24) is 15.1 Å². The first-order valence-corrected chi connectivity index (χ1v) is 7.70. The zero-order chi connectivity index (χ0) is 16.9. The first-order chi connectivity index (χ1) is 11.6. The van der Waals surface area contributed by atoms with Gasteiger partial charge in [-0.3, -0.25) is 9.89 Å². The third-order valence-corrected chi connectivity index (χ3v) is 3.83. The molecule has 2 aromatic heterocycles. The number of aromatic nitrogens is 2. The molecule has 0 saturated carbocycles. The molecule has 0 bridgehead atoms. The van der Waals surface area contributed by atoms with E-state index < -0.39 is 6.10 Å². The van der Waals surface area contributed by atoms with E-state index >= 15 is 0 Å². The molecule has 0 aliphatic heterocycles. The Hall–Kier alpha value is -2.86. The van der Waals surface area contributed by atoms with Crippen LogP contribution in [0.25, 0.3) is 0 Å². The van der Waals surface area contributed by atoms with Gasteiger partial charge in [-0.1, -0.05) is 30.3 Å². The van der Waals surface area contributed by atoms with Crippen molar-refractivity contribution in [2.45, 2.75) is 19.6 Å². The lowest BCUT2D eigenvalue weighted by Crippen LogP contribution is -2.34. The molecule has 0 spiro atoms. The average Bonchev–Trinajstić information content (AvgIpc) is 3.26. The molecule has 0 fully saturated rings. The molecule has 3 rings (SSSR count). The SMILES string of the molecule is Cc1[nH]ncc1C(=O)N(Cc1ccccc1)CC(O)c1ccco1. The van der Waals surface area contributed by atoms with Crippen molar-refractivity contribution in [1.29, 1.82) is 0 Å². The third-order valence-electron chi connectivity index (χ3n) is 3.83. The van der Waals surface area contributed by atoms with Gasteiger partial charge in [-0.15, -0.1) is 0 Å². The second-order valence-corrected chi connectivity index (χ2v) is 5.61. The standard InChI is InChI=1S/C18H19N3O3/c1-13-15(10-19-20-13)18(23)21(11-14-6-3-2-4-7-14)12-16(22)17-8-5-9-24-17/h2-10,16,22H,11-12H2,1H3,(H,19,20). The van der Waals surface area contributed by atoms with Crippen molar-refractivity contribution in [2.24, 2.45) is 0 Å². The number of aromatic amines is 1. The van der Waals surface area contributed by atoms with E-state index in [-0.39, 0.29) is 12.5 Å². The molecule has 0 saturated heterocycles. The predicted molar refractivity (Wildman–Crippen MR) is 88.2 cm³/mol. The van der Waals surface area contributed by atoms with Crippen LogP contribution in [0.4, 0.5) is 0 Å². The summed E-state index contributed by atoms with van der Waals surface area (Å²) in [5.41, 5.74) is 2.18. The van der Waals surface area contributed by atoms with Crippen molar-refractivity contribution in [3.63, 3.8) is 0 Å². The van der Waals surface area contributed by atoms with Crippen molar-refractivity contribution in [3.05, 3.63) is 77.5 Å². The lowest BCUT2D eigenvalue weighted by Gasteiger charge is -2.24. The van der Waals surface area contributed by atoms with Gasteiger partial charge in [0.2, 0.25) is 0 Å². The molecular weight excluding hydrogens is 306 g/mol. The highest BCUT2D eigenvalue weighted by Gasteiger charge is 2.23. The van der Waals surface area contributed by atoms with Gasteiger partial charge in [0.15, 0.2) is 0 Å². The van der Waals surface area contributed by atoms with E-state index in [1.165, 1.54) is 12.5 Å². The smallest absolute Gasteiger partial charge is 0.257 e. The number of nitrogens with zero attached hydrogens (tertiary/aromatic N) is 2. The van der Waals surface area contributed by atoms with Gasteiger partial charge in [-0.2, -0.15) is 5.10 Å². The van der Waals surface area contributed by atoms with Gasteiger partial charge in [-0.25, -0.2) is 0 Å². The molecular formula is C18H19N3O3. The minimum atomic E-state index is -0.889. The van der Waals surface area contributed by atoms with Crippen molar-refractivity contribution < 1.29 is 14.3 Å². The number of carbonyl (C=O) groups excluding carboxylic acids is 1. The molecule has 6 nitrogen and oxygen atoms in total. The Morgan fingerprint density at radius 3 is 2.71 bits per heavy atom. The number of H-pyrrole nitrogens is 1. The number of furan rings is 1. The molecule has 24 heavy (non-hydrogen) atoms. The van der Waals surface area contributed by atoms with Gasteiger partial charge < -0.3 is 14.4 Å². The molecule has 2 heterocycles. The van der Waals surface area contributed by atoms with E-state index in [0.717, 1.165) is 5.56 Å². The fourth-order valence-corrected chi connectivity index (χ4v) is 2.54. The predicted octanol–water partition coefficient (Wildman–Crippen LogP) is 2.69. The van der Waals surface area contributed by atoms with E-state index in [9.17, 15) is 9.90 Å².